The molecule has 0 atom stereocenters. The maximum Gasteiger partial charge on any atom is 0.307 e. The predicted octanol–water partition coefficient (Wildman–Crippen LogP) is 7.54. The van der Waals surface area contributed by atoms with Gasteiger partial charge < -0.3 is 10.2 Å². The van der Waals surface area contributed by atoms with Gasteiger partial charge in [-0.3, -0.25) is 9.59 Å². The van der Waals surface area contributed by atoms with Crippen molar-refractivity contribution in [1.82, 2.24) is 0 Å². The number of benzene rings is 2. The Morgan fingerprint density at radius 2 is 1.05 bits per heavy atom. The fraction of sp³-hybridized carbons (Fsp3) is 0.0667. The Hall–Kier alpha value is -4.54. The van der Waals surface area contributed by atoms with E-state index in [0.29, 0.717) is 22.3 Å². The number of aliphatic carboxylic acids is 2. The van der Waals surface area contributed by atoms with Crippen molar-refractivity contribution >= 4 is 45.9 Å². The molecule has 0 fully saturated rings. The van der Waals surface area contributed by atoms with Crippen LogP contribution in [0.4, 0.5) is 0 Å². The van der Waals surface area contributed by atoms with Crippen LogP contribution in [-0.2, 0) is 22.4 Å². The highest BCUT2D eigenvalue weighted by Gasteiger charge is 2.20. The summed E-state index contributed by atoms with van der Waals surface area (Å²) in [6.07, 6.45) is -0.278. The molecule has 3 aromatic heterocycles. The molecule has 5 rings (SSSR count). The van der Waals surface area contributed by atoms with Crippen LogP contribution in [0, 0.1) is 22.7 Å². The Kier molecular flexibility index (Phi) is 7.40. The standard InChI is InChI=1S/C30H18N2O4S3/c31-15-17-3-1-5-19(9-17)25-11-21(13-27(33)34)29(38-25)23-7-8-24(37-23)30-22(14-28(35)36)12-26(39-30)20-6-2-4-18(10-20)16-32/h1-12H,13-14H2,(H,33,34)(H,35,36). The van der Waals surface area contributed by atoms with Crippen LogP contribution in [0.2, 0.25) is 0 Å². The number of nitriles is 2. The van der Waals surface area contributed by atoms with Crippen LogP contribution >= 0.6 is 34.0 Å². The number of nitrogens with zero attached hydrogens (tertiary/aromatic N) is 2. The lowest BCUT2D eigenvalue weighted by Gasteiger charge is -1.99. The molecule has 190 valence electrons. The van der Waals surface area contributed by atoms with Gasteiger partial charge in [-0.1, -0.05) is 24.3 Å². The van der Waals surface area contributed by atoms with E-state index < -0.39 is 11.9 Å². The molecule has 0 unspecified atom stereocenters. The minimum Gasteiger partial charge on any atom is -0.481 e. The molecule has 0 aliphatic heterocycles. The van der Waals surface area contributed by atoms with Gasteiger partial charge >= 0.3 is 11.9 Å². The van der Waals surface area contributed by atoms with Crippen LogP contribution in [0.3, 0.4) is 0 Å². The van der Waals surface area contributed by atoms with E-state index in [-0.39, 0.29) is 12.8 Å². The summed E-state index contributed by atoms with van der Waals surface area (Å²) >= 11 is 4.43. The number of hydrogen-bond acceptors (Lipinski definition) is 7. The fourth-order valence-corrected chi connectivity index (χ4v) is 7.86. The van der Waals surface area contributed by atoms with Crippen molar-refractivity contribution < 1.29 is 19.8 Å². The highest BCUT2D eigenvalue weighted by Crippen LogP contribution is 2.46. The van der Waals surface area contributed by atoms with Crippen molar-refractivity contribution in [3.05, 3.63) is 95.1 Å². The highest BCUT2D eigenvalue weighted by atomic mass is 32.1. The zero-order valence-corrected chi connectivity index (χ0v) is 22.6. The summed E-state index contributed by atoms with van der Waals surface area (Å²) < 4.78 is 0. The van der Waals surface area contributed by atoms with Crippen LogP contribution in [-0.4, -0.2) is 22.2 Å². The maximum atomic E-state index is 11.6. The highest BCUT2D eigenvalue weighted by molar-refractivity contribution is 7.28. The van der Waals surface area contributed by atoms with Crippen LogP contribution in [0.15, 0.2) is 72.8 Å². The minimum atomic E-state index is -0.936. The molecule has 0 bridgehead atoms. The molecule has 39 heavy (non-hydrogen) atoms. The van der Waals surface area contributed by atoms with Crippen molar-refractivity contribution in [2.75, 3.05) is 0 Å². The quantitative estimate of drug-likeness (QED) is 0.200. The molecule has 9 heteroatoms. The van der Waals surface area contributed by atoms with Gasteiger partial charge in [-0.05, 0) is 70.8 Å². The lowest BCUT2D eigenvalue weighted by molar-refractivity contribution is -0.137. The smallest absolute Gasteiger partial charge is 0.307 e. The largest absolute Gasteiger partial charge is 0.481 e. The minimum absolute atomic E-state index is 0.139. The molecule has 0 spiro atoms. The first-order chi connectivity index (χ1) is 18.8. The van der Waals surface area contributed by atoms with E-state index in [1.54, 1.807) is 36.4 Å². The van der Waals surface area contributed by atoms with Gasteiger partial charge in [0, 0.05) is 29.3 Å². The zero-order chi connectivity index (χ0) is 27.5. The Labute approximate surface area is 235 Å². The molecule has 2 aromatic carbocycles. The SMILES string of the molecule is N#Cc1cccc(-c2cc(CC(=O)O)c(-c3ccc(-c4sc(-c5cccc(C#N)c5)cc4CC(=O)O)s3)s2)c1. The van der Waals surface area contributed by atoms with E-state index in [1.807, 2.05) is 36.4 Å². The first-order valence-electron chi connectivity index (χ1n) is 11.6. The second kappa shape index (κ2) is 11.1. The van der Waals surface area contributed by atoms with E-state index in [9.17, 15) is 30.3 Å². The van der Waals surface area contributed by atoms with Gasteiger partial charge in [-0.2, -0.15) is 10.5 Å². The Morgan fingerprint density at radius 1 is 0.615 bits per heavy atom. The monoisotopic (exact) mass is 566 g/mol. The molecule has 6 nitrogen and oxygen atoms in total. The molecule has 0 radical (unpaired) electrons. The number of hydrogen-bond donors (Lipinski definition) is 2. The topological polar surface area (TPSA) is 122 Å². The van der Waals surface area contributed by atoms with Crippen molar-refractivity contribution in [2.45, 2.75) is 12.8 Å². The molecule has 0 amide bonds. The maximum absolute atomic E-state index is 11.6. The van der Waals surface area contributed by atoms with Crippen molar-refractivity contribution in [3.63, 3.8) is 0 Å². The van der Waals surface area contributed by atoms with Gasteiger partial charge in [-0.25, -0.2) is 0 Å². The molecular formula is C30H18N2O4S3. The first-order valence-corrected chi connectivity index (χ1v) is 14.1. The summed E-state index contributed by atoms with van der Waals surface area (Å²) in [5, 5.41) is 37.6. The number of rotatable bonds is 8. The lowest BCUT2D eigenvalue weighted by Crippen LogP contribution is -1.99. The lowest BCUT2D eigenvalue weighted by atomic mass is 10.1. The first kappa shape index (κ1) is 26.1. The molecule has 0 saturated heterocycles. The third kappa shape index (κ3) is 5.66. The van der Waals surface area contributed by atoms with Gasteiger partial charge in [0.25, 0.3) is 0 Å². The molecule has 0 aliphatic carbocycles. The Bertz CT molecular complexity index is 1680. The molecule has 0 saturated carbocycles. The van der Waals surface area contributed by atoms with Gasteiger partial charge in [-0.15, -0.1) is 34.0 Å². The normalized spacial score (nSPS) is 10.6. The Balaban J connectivity index is 1.57. The zero-order valence-electron chi connectivity index (χ0n) is 20.2. The van der Waals surface area contributed by atoms with Crippen molar-refractivity contribution in [3.8, 4) is 52.5 Å². The predicted molar refractivity (Wildman–Crippen MR) is 154 cm³/mol. The number of carboxylic acids is 2. The van der Waals surface area contributed by atoms with Crippen molar-refractivity contribution in [2.24, 2.45) is 0 Å². The van der Waals surface area contributed by atoms with E-state index >= 15 is 0 Å². The molecule has 2 N–H and O–H groups in total. The average molecular weight is 567 g/mol. The summed E-state index contributed by atoms with van der Waals surface area (Å²) in [4.78, 5) is 28.5. The van der Waals surface area contributed by atoms with Crippen LogP contribution in [0.1, 0.15) is 22.3 Å². The van der Waals surface area contributed by atoms with E-state index in [0.717, 1.165) is 40.4 Å². The summed E-state index contributed by atoms with van der Waals surface area (Å²) in [5.74, 6) is -1.87. The van der Waals surface area contributed by atoms with Crippen molar-refractivity contribution in [1.29, 1.82) is 10.5 Å². The van der Waals surface area contributed by atoms with Gasteiger partial charge in [0.05, 0.1) is 36.1 Å². The summed E-state index contributed by atoms with van der Waals surface area (Å²) in [5.41, 5.74) is 4.12. The molecular weight excluding hydrogens is 549 g/mol. The van der Waals surface area contributed by atoms with Crippen LogP contribution in [0.25, 0.3) is 40.4 Å². The van der Waals surface area contributed by atoms with E-state index in [4.69, 9.17) is 0 Å². The second-order valence-electron chi connectivity index (χ2n) is 8.62. The fourth-order valence-electron chi connectivity index (χ4n) is 4.21. The number of carboxylic acid groups (broad SMARTS) is 2. The molecule has 0 aliphatic rings. The third-order valence-corrected chi connectivity index (χ3v) is 9.81. The molecule has 3 heterocycles. The third-order valence-electron chi connectivity index (χ3n) is 5.91. The second-order valence-corrected chi connectivity index (χ2v) is 11.8. The summed E-state index contributed by atoms with van der Waals surface area (Å²) in [6.45, 7) is 0. The van der Waals surface area contributed by atoms with Gasteiger partial charge in [0.2, 0.25) is 0 Å². The van der Waals surface area contributed by atoms with Gasteiger partial charge in [0.1, 0.15) is 0 Å². The molecule has 5 aromatic rings. The van der Waals surface area contributed by atoms with E-state index in [2.05, 4.69) is 12.1 Å². The number of carbonyl (C=O) groups is 2. The summed E-state index contributed by atoms with van der Waals surface area (Å²) in [7, 11) is 0. The van der Waals surface area contributed by atoms with Crippen LogP contribution in [0.5, 0.6) is 0 Å². The Morgan fingerprint density at radius 3 is 1.44 bits per heavy atom. The average Bonchev–Trinajstić information content (AvgIpc) is 3.66. The summed E-state index contributed by atoms with van der Waals surface area (Å²) in [6, 6.07) is 26.3. The number of thiophene rings is 3. The van der Waals surface area contributed by atoms with Gasteiger partial charge in [0.15, 0.2) is 0 Å². The van der Waals surface area contributed by atoms with E-state index in [1.165, 1.54) is 34.0 Å². The van der Waals surface area contributed by atoms with Crippen LogP contribution < -0.4 is 0 Å².